The summed E-state index contributed by atoms with van der Waals surface area (Å²) in [6, 6.07) is 0. The second-order valence-electron chi connectivity index (χ2n) is 4.89. The monoisotopic (exact) mass is 283 g/mol. The van der Waals surface area contributed by atoms with E-state index in [-0.39, 0.29) is 5.91 Å². The van der Waals surface area contributed by atoms with Gasteiger partial charge >= 0.3 is 0 Å². The molecule has 2 rings (SSSR count). The van der Waals surface area contributed by atoms with Gasteiger partial charge in [0, 0.05) is 18.5 Å². The van der Waals surface area contributed by atoms with E-state index in [1.165, 1.54) is 24.2 Å². The Morgan fingerprint density at radius 2 is 2.32 bits per heavy atom. The van der Waals surface area contributed by atoms with Gasteiger partial charge < -0.3 is 15.7 Å². The number of amides is 1. The maximum Gasteiger partial charge on any atom is 0.270 e. The van der Waals surface area contributed by atoms with Crippen LogP contribution in [0.3, 0.4) is 0 Å². The van der Waals surface area contributed by atoms with Gasteiger partial charge in [-0.1, -0.05) is 12.8 Å². The summed E-state index contributed by atoms with van der Waals surface area (Å²) in [4.78, 5) is 16.1. The lowest BCUT2D eigenvalue weighted by Gasteiger charge is -2.17. The van der Waals surface area contributed by atoms with E-state index in [1.807, 2.05) is 6.92 Å². The molecule has 0 radical (unpaired) electrons. The third-order valence-electron chi connectivity index (χ3n) is 3.48. The summed E-state index contributed by atoms with van der Waals surface area (Å²) in [5.41, 5.74) is 0.416. The lowest BCUT2D eigenvalue weighted by Crippen LogP contribution is -2.35. The quantitative estimate of drug-likeness (QED) is 0.745. The van der Waals surface area contributed by atoms with Gasteiger partial charge in [0.25, 0.3) is 5.91 Å². The van der Waals surface area contributed by atoms with Crippen molar-refractivity contribution in [1.29, 1.82) is 0 Å². The topological polar surface area (TPSA) is 74.2 Å². The van der Waals surface area contributed by atoms with Crippen LogP contribution < -0.4 is 10.6 Å². The van der Waals surface area contributed by atoms with Crippen LogP contribution in [0.2, 0.25) is 0 Å². The molecule has 1 saturated carbocycles. The highest BCUT2D eigenvalue weighted by molar-refractivity contribution is 7.13. The minimum atomic E-state index is -0.432. The summed E-state index contributed by atoms with van der Waals surface area (Å²) in [7, 11) is 0. The van der Waals surface area contributed by atoms with Crippen LogP contribution in [0.4, 0.5) is 5.13 Å². The first-order valence-corrected chi connectivity index (χ1v) is 7.74. The van der Waals surface area contributed by atoms with Crippen molar-refractivity contribution in [1.82, 2.24) is 10.3 Å². The number of anilines is 1. The predicted octanol–water partition coefficient (Wildman–Crippen LogP) is 1.86. The SMILES string of the molecule is CCNc1nc(C(=O)NCC(O)C2CCCC2)cs1. The molecule has 1 fully saturated rings. The highest BCUT2D eigenvalue weighted by Crippen LogP contribution is 2.27. The Kier molecular flexibility index (Phi) is 5.15. The largest absolute Gasteiger partial charge is 0.391 e. The van der Waals surface area contributed by atoms with E-state index >= 15 is 0 Å². The average Bonchev–Trinajstić information content (AvgIpc) is 3.06. The van der Waals surface area contributed by atoms with Crippen LogP contribution >= 0.6 is 11.3 Å². The summed E-state index contributed by atoms with van der Waals surface area (Å²) >= 11 is 1.42. The van der Waals surface area contributed by atoms with E-state index in [9.17, 15) is 9.90 Å². The molecule has 6 heteroatoms. The maximum absolute atomic E-state index is 11.9. The Balaban J connectivity index is 1.79. The van der Waals surface area contributed by atoms with Gasteiger partial charge in [0.1, 0.15) is 5.69 Å². The number of hydrogen-bond donors (Lipinski definition) is 3. The number of carbonyl (C=O) groups excluding carboxylic acids is 1. The summed E-state index contributed by atoms with van der Waals surface area (Å²) in [5, 5.41) is 18.3. The van der Waals surface area contributed by atoms with Crippen molar-refractivity contribution in [2.45, 2.75) is 38.7 Å². The second-order valence-corrected chi connectivity index (χ2v) is 5.75. The molecule has 3 N–H and O–H groups in total. The van der Waals surface area contributed by atoms with Crippen molar-refractivity contribution in [2.75, 3.05) is 18.4 Å². The van der Waals surface area contributed by atoms with Crippen molar-refractivity contribution in [3.63, 3.8) is 0 Å². The van der Waals surface area contributed by atoms with E-state index in [1.54, 1.807) is 5.38 Å². The van der Waals surface area contributed by atoms with Gasteiger partial charge in [-0.05, 0) is 25.7 Å². The molecular formula is C13H21N3O2S. The number of rotatable bonds is 6. The van der Waals surface area contributed by atoms with Crippen molar-refractivity contribution in [2.24, 2.45) is 5.92 Å². The fourth-order valence-electron chi connectivity index (χ4n) is 2.41. The van der Waals surface area contributed by atoms with E-state index in [2.05, 4.69) is 15.6 Å². The number of thiazole rings is 1. The first-order valence-electron chi connectivity index (χ1n) is 6.86. The van der Waals surface area contributed by atoms with Crippen LogP contribution in [-0.4, -0.2) is 35.2 Å². The molecule has 1 aromatic heterocycles. The third kappa shape index (κ3) is 3.91. The lowest BCUT2D eigenvalue weighted by atomic mass is 10.0. The standard InChI is InChI=1S/C13H21N3O2S/c1-2-14-13-16-10(8-19-13)12(18)15-7-11(17)9-5-3-4-6-9/h8-9,11,17H,2-7H2,1H3,(H,14,16)(H,15,18). The number of nitrogens with zero attached hydrogens (tertiary/aromatic N) is 1. The van der Waals surface area contributed by atoms with Crippen molar-refractivity contribution in [3.05, 3.63) is 11.1 Å². The number of carbonyl (C=O) groups is 1. The minimum absolute atomic E-state index is 0.211. The summed E-state index contributed by atoms with van der Waals surface area (Å²) in [6.07, 6.45) is 4.08. The Hall–Kier alpha value is -1.14. The van der Waals surface area contributed by atoms with Gasteiger partial charge in [0.15, 0.2) is 5.13 Å². The number of aromatic nitrogens is 1. The van der Waals surface area contributed by atoms with Crippen LogP contribution in [-0.2, 0) is 0 Å². The fourth-order valence-corrected chi connectivity index (χ4v) is 3.17. The van der Waals surface area contributed by atoms with Gasteiger partial charge in [-0.15, -0.1) is 11.3 Å². The highest BCUT2D eigenvalue weighted by atomic mass is 32.1. The van der Waals surface area contributed by atoms with Crippen LogP contribution in [0.5, 0.6) is 0 Å². The Morgan fingerprint density at radius 1 is 1.58 bits per heavy atom. The Morgan fingerprint density at radius 3 is 3.00 bits per heavy atom. The summed E-state index contributed by atoms with van der Waals surface area (Å²) < 4.78 is 0. The Labute approximate surface area is 117 Å². The average molecular weight is 283 g/mol. The first kappa shape index (κ1) is 14.3. The smallest absolute Gasteiger partial charge is 0.270 e. The zero-order valence-corrected chi connectivity index (χ0v) is 12.0. The molecule has 0 spiro atoms. The van der Waals surface area contributed by atoms with Crippen LogP contribution in [0.1, 0.15) is 43.1 Å². The molecule has 0 aromatic carbocycles. The normalized spacial score (nSPS) is 17.4. The second kappa shape index (κ2) is 6.86. The molecule has 0 saturated heterocycles. The van der Waals surface area contributed by atoms with Crippen molar-refractivity contribution < 1.29 is 9.90 Å². The van der Waals surface area contributed by atoms with Crippen molar-refractivity contribution in [3.8, 4) is 0 Å². The van der Waals surface area contributed by atoms with Gasteiger partial charge in [-0.25, -0.2) is 4.98 Å². The Bertz CT molecular complexity index is 416. The summed E-state index contributed by atoms with van der Waals surface area (Å²) in [5.74, 6) is 0.130. The van der Waals surface area contributed by atoms with Gasteiger partial charge in [-0.2, -0.15) is 0 Å². The summed E-state index contributed by atoms with van der Waals surface area (Å²) in [6.45, 7) is 3.09. The number of nitrogens with one attached hydrogen (secondary N) is 2. The van der Waals surface area contributed by atoms with Crippen LogP contribution in [0, 0.1) is 5.92 Å². The zero-order chi connectivity index (χ0) is 13.7. The highest BCUT2D eigenvalue weighted by Gasteiger charge is 2.23. The molecule has 1 atom stereocenters. The predicted molar refractivity (Wildman–Crippen MR) is 76.6 cm³/mol. The molecule has 1 aliphatic rings. The van der Waals surface area contributed by atoms with E-state index < -0.39 is 6.10 Å². The fraction of sp³-hybridized carbons (Fsp3) is 0.692. The van der Waals surface area contributed by atoms with Crippen LogP contribution in [0.15, 0.2) is 5.38 Å². The third-order valence-corrected chi connectivity index (χ3v) is 4.28. The van der Waals surface area contributed by atoms with Gasteiger partial charge in [-0.3, -0.25) is 4.79 Å². The molecule has 5 nitrogen and oxygen atoms in total. The van der Waals surface area contributed by atoms with Crippen LogP contribution in [0.25, 0.3) is 0 Å². The number of aliphatic hydroxyl groups is 1. The number of aliphatic hydroxyl groups excluding tert-OH is 1. The van der Waals surface area contributed by atoms with E-state index in [0.29, 0.717) is 18.2 Å². The van der Waals surface area contributed by atoms with Crippen molar-refractivity contribution >= 4 is 22.4 Å². The molecule has 1 heterocycles. The molecule has 1 aliphatic carbocycles. The van der Waals surface area contributed by atoms with Gasteiger partial charge in [0.05, 0.1) is 6.10 Å². The molecule has 1 aromatic rings. The zero-order valence-electron chi connectivity index (χ0n) is 11.2. The first-order chi connectivity index (χ1) is 9.20. The van der Waals surface area contributed by atoms with E-state index in [4.69, 9.17) is 0 Å². The van der Waals surface area contributed by atoms with E-state index in [0.717, 1.165) is 24.5 Å². The molecule has 1 unspecified atom stereocenters. The minimum Gasteiger partial charge on any atom is -0.391 e. The maximum atomic E-state index is 11.9. The molecule has 0 aliphatic heterocycles. The molecule has 19 heavy (non-hydrogen) atoms. The molecule has 0 bridgehead atoms. The molecule has 1 amide bonds. The molecular weight excluding hydrogens is 262 g/mol. The molecule has 106 valence electrons. The van der Waals surface area contributed by atoms with Gasteiger partial charge in [0.2, 0.25) is 0 Å². The lowest BCUT2D eigenvalue weighted by molar-refractivity contribution is 0.0837. The number of hydrogen-bond acceptors (Lipinski definition) is 5.